The number of ether oxygens (including phenoxy) is 2. The summed E-state index contributed by atoms with van der Waals surface area (Å²) in [6.07, 6.45) is 18.9. The average molecular weight is 676 g/mol. The van der Waals surface area contributed by atoms with Gasteiger partial charge in [-0.05, 0) is 6.42 Å². The predicted octanol–water partition coefficient (Wildman–Crippen LogP) is 6.78. The van der Waals surface area contributed by atoms with E-state index in [0.717, 1.165) is 23.7 Å². The van der Waals surface area contributed by atoms with Gasteiger partial charge in [0.2, 0.25) is 15.9 Å². The van der Waals surface area contributed by atoms with Crippen LogP contribution in [0.3, 0.4) is 0 Å². The first-order chi connectivity index (χ1) is 17.9. The Morgan fingerprint density at radius 3 is 1.79 bits per heavy atom. The van der Waals surface area contributed by atoms with Gasteiger partial charge >= 0.3 is 0 Å². The lowest BCUT2D eigenvalue weighted by atomic mass is 10.0. The summed E-state index contributed by atoms with van der Waals surface area (Å²) in [5.74, 6) is -0.674. The number of hydrogen-bond donors (Lipinski definition) is 0. The van der Waals surface area contributed by atoms with E-state index in [4.69, 9.17) is 9.47 Å². The molecule has 9 heteroatoms. The van der Waals surface area contributed by atoms with Crippen LogP contribution in [0.1, 0.15) is 110 Å². The Morgan fingerprint density at radius 1 is 0.842 bits per heavy atom. The third-order valence-corrected chi connectivity index (χ3v) is 9.66. The molecule has 0 aliphatic rings. The summed E-state index contributed by atoms with van der Waals surface area (Å²) in [5, 5.41) is 0. The Morgan fingerprint density at radius 2 is 1.34 bits per heavy atom. The number of rotatable bonds is 26. The number of halogens is 1. The first-order valence-corrected chi connectivity index (χ1v) is 17.8. The lowest BCUT2D eigenvalue weighted by Crippen LogP contribution is -2.43. The van der Waals surface area contributed by atoms with Crippen molar-refractivity contribution in [2.45, 2.75) is 114 Å². The second kappa shape index (κ2) is 22.7. The zero-order chi connectivity index (χ0) is 28.9. The summed E-state index contributed by atoms with van der Waals surface area (Å²) >= 11 is 2.32. The van der Waals surface area contributed by atoms with Crippen LogP contribution in [-0.4, -0.2) is 87.5 Å². The second-order valence-electron chi connectivity index (χ2n) is 11.8. The number of quaternary nitrogens is 1. The van der Waals surface area contributed by atoms with Crippen LogP contribution < -0.4 is 0 Å². The summed E-state index contributed by atoms with van der Waals surface area (Å²) < 4.78 is 39.0. The molecule has 2 unspecified atom stereocenters. The summed E-state index contributed by atoms with van der Waals surface area (Å²) in [6, 6.07) is 0. The van der Waals surface area contributed by atoms with Crippen molar-refractivity contribution in [1.29, 1.82) is 0 Å². The van der Waals surface area contributed by atoms with Crippen LogP contribution in [0.2, 0.25) is 0 Å². The highest BCUT2D eigenvalue weighted by molar-refractivity contribution is 14.1. The van der Waals surface area contributed by atoms with Crippen molar-refractivity contribution < 1.29 is 27.2 Å². The largest absolute Gasteiger partial charge is 0.384 e. The van der Waals surface area contributed by atoms with Crippen molar-refractivity contribution in [3.05, 3.63) is 0 Å². The monoisotopic (exact) mass is 675 g/mol. The maximum absolute atomic E-state index is 12.9. The number of methoxy groups -OCH3 is 1. The highest BCUT2D eigenvalue weighted by Gasteiger charge is 2.28. The number of carbonyl (C=O) groups excluding carboxylic acids is 1. The van der Waals surface area contributed by atoms with E-state index in [2.05, 4.69) is 29.5 Å². The fourth-order valence-electron chi connectivity index (χ4n) is 4.54. The van der Waals surface area contributed by atoms with Gasteiger partial charge in [0, 0.05) is 32.9 Å². The molecule has 2 atom stereocenters. The first kappa shape index (κ1) is 38.0. The number of nitrogens with zero attached hydrogens (tertiary/aromatic N) is 2. The third-order valence-electron chi connectivity index (χ3n) is 6.79. The van der Waals surface area contributed by atoms with Gasteiger partial charge in [-0.15, -0.1) is 0 Å². The molecule has 0 aliphatic heterocycles. The summed E-state index contributed by atoms with van der Waals surface area (Å²) in [5.41, 5.74) is 0. The molecule has 0 radical (unpaired) electrons. The summed E-state index contributed by atoms with van der Waals surface area (Å²) in [4.78, 5) is 12.2. The van der Waals surface area contributed by atoms with E-state index >= 15 is 0 Å². The van der Waals surface area contributed by atoms with Crippen LogP contribution in [0, 0.1) is 5.92 Å². The van der Waals surface area contributed by atoms with Crippen LogP contribution in [0.5, 0.6) is 0 Å². The van der Waals surface area contributed by atoms with E-state index in [9.17, 15) is 13.2 Å². The van der Waals surface area contributed by atoms with Gasteiger partial charge in [0.1, 0.15) is 4.11 Å². The topological polar surface area (TPSA) is 72.9 Å². The number of carbonyl (C=O) groups is 1. The van der Waals surface area contributed by atoms with Crippen molar-refractivity contribution in [2.24, 2.45) is 5.92 Å². The Balaban J connectivity index is 4.23. The molecule has 0 rings (SSSR count). The van der Waals surface area contributed by atoms with E-state index in [1.165, 1.54) is 84.0 Å². The molecule has 0 aromatic carbocycles. The molecule has 0 aromatic rings. The van der Waals surface area contributed by atoms with Crippen LogP contribution in [0.15, 0.2) is 0 Å². The number of sulfonamides is 1. The van der Waals surface area contributed by atoms with Crippen LogP contribution >= 0.6 is 22.6 Å². The van der Waals surface area contributed by atoms with Crippen molar-refractivity contribution in [2.75, 3.05) is 60.3 Å². The smallest absolute Gasteiger partial charge is 0.237 e. The van der Waals surface area contributed by atoms with Gasteiger partial charge in [0.05, 0.1) is 46.7 Å². The molecule has 1 amide bonds. The fraction of sp³-hybridized carbons (Fsp3) is 0.966. The van der Waals surface area contributed by atoms with Crippen molar-refractivity contribution in [3.63, 3.8) is 0 Å². The van der Waals surface area contributed by atoms with Gasteiger partial charge in [-0.2, -0.15) is 0 Å². The first-order valence-electron chi connectivity index (χ1n) is 15.0. The average Bonchev–Trinajstić information content (AvgIpc) is 2.82. The zero-order valence-electron chi connectivity index (χ0n) is 25.5. The van der Waals surface area contributed by atoms with E-state index in [1.54, 1.807) is 7.11 Å². The Bertz CT molecular complexity index is 685. The number of unbranched alkanes of at least 4 members (excludes halogenated alkanes) is 12. The lowest BCUT2D eigenvalue weighted by Gasteiger charge is -2.28. The zero-order valence-corrected chi connectivity index (χ0v) is 28.5. The van der Waals surface area contributed by atoms with Crippen LogP contribution in [0.4, 0.5) is 0 Å². The highest BCUT2D eigenvalue weighted by Crippen LogP contribution is 2.18. The summed E-state index contributed by atoms with van der Waals surface area (Å²) in [6.45, 7) is 5.13. The number of alkyl halides is 1. The normalized spacial score (nSPS) is 14.0. The minimum Gasteiger partial charge on any atom is -0.384 e. The molecule has 0 fully saturated rings. The third kappa shape index (κ3) is 21.8. The van der Waals surface area contributed by atoms with Crippen molar-refractivity contribution in [3.8, 4) is 0 Å². The van der Waals surface area contributed by atoms with Crippen molar-refractivity contribution >= 4 is 38.5 Å². The molecule has 0 aromatic heterocycles. The van der Waals surface area contributed by atoms with Crippen LogP contribution in [0.25, 0.3) is 0 Å². The van der Waals surface area contributed by atoms with E-state index in [1.807, 2.05) is 21.1 Å². The fourth-order valence-corrected chi connectivity index (χ4v) is 6.73. The SMILES string of the molecule is CCCCCCCCCCCCCCCC(I)OCC(COC)CN(C(C)=O)S(=O)(=O)CCC[N+](C)(C)C. The number of hydrogen-bond acceptors (Lipinski definition) is 5. The Hall–Kier alpha value is 0.0300. The Labute approximate surface area is 249 Å². The Kier molecular flexibility index (Phi) is 22.7. The van der Waals surface area contributed by atoms with Gasteiger partial charge in [0.25, 0.3) is 0 Å². The van der Waals surface area contributed by atoms with Gasteiger partial charge in [-0.3, -0.25) is 4.79 Å². The van der Waals surface area contributed by atoms with Gasteiger partial charge in [-0.1, -0.05) is 113 Å². The second-order valence-corrected chi connectivity index (χ2v) is 15.2. The maximum Gasteiger partial charge on any atom is 0.237 e. The molecule has 0 N–H and O–H groups in total. The molecule has 0 bridgehead atoms. The number of amides is 1. The van der Waals surface area contributed by atoms with Crippen molar-refractivity contribution in [1.82, 2.24) is 4.31 Å². The van der Waals surface area contributed by atoms with E-state index in [0.29, 0.717) is 24.1 Å². The molecule has 0 saturated carbocycles. The predicted molar refractivity (Wildman–Crippen MR) is 168 cm³/mol. The molecule has 0 heterocycles. The molecule has 7 nitrogen and oxygen atoms in total. The molecule has 0 saturated heterocycles. The minimum absolute atomic E-state index is 0.0311. The van der Waals surface area contributed by atoms with E-state index in [-0.39, 0.29) is 22.3 Å². The standard InChI is InChI=1S/C29H60IN2O5S/c1-7-8-9-10-11-12-13-14-15-16-17-18-19-21-29(30)37-26-28(25-36-6)24-31(27(2)33)38(34,35)23-20-22-32(3,4)5/h28-29H,7-26H2,1-6H3/q+1. The summed E-state index contributed by atoms with van der Waals surface area (Å²) in [7, 11) is 4.00. The molecular formula is C29H60IN2O5S+. The highest BCUT2D eigenvalue weighted by atomic mass is 127. The van der Waals surface area contributed by atoms with Gasteiger partial charge in [-0.25, -0.2) is 12.7 Å². The molecule has 0 aliphatic carbocycles. The van der Waals surface area contributed by atoms with Gasteiger partial charge in [0.15, 0.2) is 0 Å². The molecule has 38 heavy (non-hydrogen) atoms. The van der Waals surface area contributed by atoms with E-state index < -0.39 is 15.9 Å². The molecule has 228 valence electrons. The van der Waals surface area contributed by atoms with Crippen LogP contribution in [-0.2, 0) is 24.3 Å². The quantitative estimate of drug-likeness (QED) is 0.0438. The maximum atomic E-state index is 12.9. The minimum atomic E-state index is -3.67. The lowest BCUT2D eigenvalue weighted by molar-refractivity contribution is -0.870. The molecular weight excluding hydrogens is 615 g/mol. The van der Waals surface area contributed by atoms with Gasteiger partial charge < -0.3 is 14.0 Å². The molecule has 0 spiro atoms.